The van der Waals surface area contributed by atoms with Gasteiger partial charge in [0.1, 0.15) is 0 Å². The van der Waals surface area contributed by atoms with Gasteiger partial charge in [0.05, 0.1) is 24.3 Å². The van der Waals surface area contributed by atoms with E-state index in [0.29, 0.717) is 0 Å². The third-order valence-electron chi connectivity index (χ3n) is 1.51. The van der Waals surface area contributed by atoms with Gasteiger partial charge >= 0.3 is 0 Å². The van der Waals surface area contributed by atoms with E-state index in [1.807, 2.05) is 11.5 Å². The molecule has 10 heavy (non-hydrogen) atoms. The minimum absolute atomic E-state index is 0.414. The topological polar surface area (TPSA) is 38.0 Å². The molecule has 1 heterocycles. The average molecular weight is 140 g/mol. The molecule has 1 atom stereocenters. The molecular formula is C7H12N2O. The van der Waals surface area contributed by atoms with Crippen LogP contribution in [0.4, 0.5) is 0 Å². The molecule has 0 aromatic carbocycles. The van der Waals surface area contributed by atoms with Gasteiger partial charge < -0.3 is 9.67 Å². The van der Waals surface area contributed by atoms with Gasteiger partial charge in [0.2, 0.25) is 0 Å². The van der Waals surface area contributed by atoms with E-state index < -0.39 is 6.10 Å². The Morgan fingerprint density at radius 2 is 2.50 bits per heavy atom. The number of aliphatic hydroxyl groups is 1. The molecule has 1 aromatic heterocycles. The molecule has 1 aromatic rings. The van der Waals surface area contributed by atoms with E-state index >= 15 is 0 Å². The Bertz CT molecular complexity index is 205. The van der Waals surface area contributed by atoms with E-state index in [1.165, 1.54) is 0 Å². The van der Waals surface area contributed by atoms with Crippen molar-refractivity contribution in [3.05, 3.63) is 18.2 Å². The van der Waals surface area contributed by atoms with Crippen LogP contribution in [0.3, 0.4) is 0 Å². The average Bonchev–Trinajstić information content (AvgIpc) is 2.33. The Kier molecular flexibility index (Phi) is 2.06. The van der Waals surface area contributed by atoms with Gasteiger partial charge in [-0.1, -0.05) is 0 Å². The third-order valence-corrected chi connectivity index (χ3v) is 1.51. The molecular weight excluding hydrogens is 128 g/mol. The molecule has 0 saturated heterocycles. The van der Waals surface area contributed by atoms with Crippen LogP contribution in [0.1, 0.15) is 25.6 Å². The highest BCUT2D eigenvalue weighted by Gasteiger charge is 2.04. The van der Waals surface area contributed by atoms with Gasteiger partial charge in [0.25, 0.3) is 0 Å². The molecule has 0 saturated carbocycles. The molecule has 1 rings (SSSR count). The van der Waals surface area contributed by atoms with Crippen LogP contribution < -0.4 is 0 Å². The highest BCUT2D eigenvalue weighted by molar-refractivity contribution is 5.00. The smallest absolute Gasteiger partial charge is 0.0948 e. The number of hydrogen-bond acceptors (Lipinski definition) is 2. The van der Waals surface area contributed by atoms with Crippen molar-refractivity contribution in [2.45, 2.75) is 26.5 Å². The third kappa shape index (κ3) is 1.19. The van der Waals surface area contributed by atoms with Crippen molar-refractivity contribution in [3.8, 4) is 0 Å². The first-order chi connectivity index (χ1) is 4.75. The second-order valence-electron chi connectivity index (χ2n) is 2.28. The zero-order valence-electron chi connectivity index (χ0n) is 6.28. The van der Waals surface area contributed by atoms with Crippen molar-refractivity contribution in [2.24, 2.45) is 0 Å². The first-order valence-corrected chi connectivity index (χ1v) is 3.43. The molecule has 3 heteroatoms. The normalized spacial score (nSPS) is 13.5. The summed E-state index contributed by atoms with van der Waals surface area (Å²) < 4.78 is 1.92. The Hall–Kier alpha value is -0.830. The molecule has 56 valence electrons. The van der Waals surface area contributed by atoms with Gasteiger partial charge in [-0.25, -0.2) is 4.98 Å². The number of aryl methyl sites for hydroxylation is 1. The predicted molar refractivity (Wildman–Crippen MR) is 38.5 cm³/mol. The Morgan fingerprint density at radius 1 is 1.80 bits per heavy atom. The molecule has 0 amide bonds. The van der Waals surface area contributed by atoms with Gasteiger partial charge in [0, 0.05) is 6.54 Å². The maximum absolute atomic E-state index is 9.16. The molecule has 0 spiro atoms. The highest BCUT2D eigenvalue weighted by Crippen LogP contribution is 2.09. The largest absolute Gasteiger partial charge is 0.387 e. The summed E-state index contributed by atoms with van der Waals surface area (Å²) in [5.74, 6) is 0. The molecule has 0 bridgehead atoms. The second-order valence-corrected chi connectivity index (χ2v) is 2.28. The highest BCUT2D eigenvalue weighted by atomic mass is 16.3. The van der Waals surface area contributed by atoms with Crippen LogP contribution in [-0.4, -0.2) is 14.7 Å². The summed E-state index contributed by atoms with van der Waals surface area (Å²) in [5.41, 5.74) is 0.877. The van der Waals surface area contributed by atoms with Gasteiger partial charge in [0.15, 0.2) is 0 Å². The number of aliphatic hydroxyl groups excluding tert-OH is 1. The first-order valence-electron chi connectivity index (χ1n) is 3.43. The molecule has 0 unspecified atom stereocenters. The van der Waals surface area contributed by atoms with Gasteiger partial charge in [-0.05, 0) is 13.8 Å². The summed E-state index contributed by atoms with van der Waals surface area (Å²) in [6.45, 7) is 4.62. The van der Waals surface area contributed by atoms with E-state index in [2.05, 4.69) is 4.98 Å². The summed E-state index contributed by atoms with van der Waals surface area (Å²) in [6.07, 6.45) is 3.00. The van der Waals surface area contributed by atoms with E-state index in [9.17, 15) is 0 Å². The van der Waals surface area contributed by atoms with Crippen molar-refractivity contribution in [2.75, 3.05) is 0 Å². The van der Waals surface area contributed by atoms with E-state index in [1.54, 1.807) is 19.4 Å². The van der Waals surface area contributed by atoms with E-state index in [4.69, 9.17) is 5.11 Å². The SMILES string of the molecule is CCn1cncc1[C@@H](C)O. The zero-order valence-corrected chi connectivity index (χ0v) is 6.28. The second kappa shape index (κ2) is 2.84. The van der Waals surface area contributed by atoms with Crippen LogP contribution in [0.2, 0.25) is 0 Å². The van der Waals surface area contributed by atoms with Crippen molar-refractivity contribution in [1.82, 2.24) is 9.55 Å². The zero-order chi connectivity index (χ0) is 7.56. The van der Waals surface area contributed by atoms with Crippen LogP contribution in [0.15, 0.2) is 12.5 Å². The number of rotatable bonds is 2. The Balaban J connectivity index is 2.90. The summed E-state index contributed by atoms with van der Waals surface area (Å²) in [4.78, 5) is 3.92. The van der Waals surface area contributed by atoms with Crippen LogP contribution >= 0.6 is 0 Å². The fourth-order valence-corrected chi connectivity index (χ4v) is 0.943. The van der Waals surface area contributed by atoms with Gasteiger partial charge in [-0.15, -0.1) is 0 Å². The fraction of sp³-hybridized carbons (Fsp3) is 0.571. The monoisotopic (exact) mass is 140 g/mol. The molecule has 0 aliphatic rings. The minimum atomic E-state index is -0.414. The van der Waals surface area contributed by atoms with Gasteiger partial charge in [-0.3, -0.25) is 0 Å². The van der Waals surface area contributed by atoms with Crippen molar-refractivity contribution in [3.63, 3.8) is 0 Å². The van der Waals surface area contributed by atoms with E-state index in [-0.39, 0.29) is 0 Å². The number of aromatic nitrogens is 2. The van der Waals surface area contributed by atoms with Crippen LogP contribution in [0, 0.1) is 0 Å². The number of nitrogens with zero attached hydrogens (tertiary/aromatic N) is 2. The van der Waals surface area contributed by atoms with Crippen LogP contribution in [-0.2, 0) is 6.54 Å². The Morgan fingerprint density at radius 3 is 2.90 bits per heavy atom. The first kappa shape index (κ1) is 7.28. The maximum atomic E-state index is 9.16. The molecule has 0 aliphatic heterocycles. The van der Waals surface area contributed by atoms with Crippen molar-refractivity contribution < 1.29 is 5.11 Å². The molecule has 0 radical (unpaired) electrons. The lowest BCUT2D eigenvalue weighted by atomic mass is 10.3. The maximum Gasteiger partial charge on any atom is 0.0948 e. The quantitative estimate of drug-likeness (QED) is 0.664. The Labute approximate surface area is 60.3 Å². The van der Waals surface area contributed by atoms with Crippen LogP contribution in [0.25, 0.3) is 0 Å². The number of imidazole rings is 1. The lowest BCUT2D eigenvalue weighted by Gasteiger charge is -2.05. The molecule has 0 fully saturated rings. The lowest BCUT2D eigenvalue weighted by molar-refractivity contribution is 0.189. The summed E-state index contributed by atoms with van der Waals surface area (Å²) in [5, 5.41) is 9.16. The van der Waals surface area contributed by atoms with E-state index in [0.717, 1.165) is 12.2 Å². The summed E-state index contributed by atoms with van der Waals surface area (Å²) in [7, 11) is 0. The fourth-order valence-electron chi connectivity index (χ4n) is 0.943. The van der Waals surface area contributed by atoms with Gasteiger partial charge in [-0.2, -0.15) is 0 Å². The summed E-state index contributed by atoms with van der Waals surface area (Å²) >= 11 is 0. The lowest BCUT2D eigenvalue weighted by Crippen LogP contribution is -2.01. The van der Waals surface area contributed by atoms with Crippen molar-refractivity contribution in [1.29, 1.82) is 0 Å². The summed E-state index contributed by atoms with van der Waals surface area (Å²) in [6, 6.07) is 0. The molecule has 0 aliphatic carbocycles. The van der Waals surface area contributed by atoms with Crippen LogP contribution in [0.5, 0.6) is 0 Å². The minimum Gasteiger partial charge on any atom is -0.387 e. The predicted octanol–water partition coefficient (Wildman–Crippen LogP) is 0.956. The molecule has 1 N–H and O–H groups in total. The standard InChI is InChI=1S/C7H12N2O/c1-3-9-5-8-4-7(9)6(2)10/h4-6,10H,3H2,1-2H3/t6-/m1/s1. The number of hydrogen-bond donors (Lipinski definition) is 1. The van der Waals surface area contributed by atoms with Crippen molar-refractivity contribution >= 4 is 0 Å². The molecule has 3 nitrogen and oxygen atoms in total.